The second-order valence-corrected chi connectivity index (χ2v) is 8.02. The van der Waals surface area contributed by atoms with Crippen LogP contribution in [0.5, 0.6) is 11.5 Å². The number of rotatable bonds is 3. The molecule has 0 bridgehead atoms. The predicted octanol–water partition coefficient (Wildman–Crippen LogP) is 3.96. The molecule has 2 heterocycles. The van der Waals surface area contributed by atoms with Gasteiger partial charge in [0.15, 0.2) is 5.43 Å². The predicted molar refractivity (Wildman–Crippen MR) is 112 cm³/mol. The van der Waals surface area contributed by atoms with Gasteiger partial charge in [-0.2, -0.15) is 0 Å². The molecule has 0 spiro atoms. The van der Waals surface area contributed by atoms with E-state index in [0.29, 0.717) is 29.1 Å². The number of fused-ring (bicyclic) bond motifs is 1. The minimum absolute atomic E-state index is 0.0223. The molecule has 2 aromatic carbocycles. The van der Waals surface area contributed by atoms with Gasteiger partial charge in [-0.05, 0) is 32.1 Å². The summed E-state index contributed by atoms with van der Waals surface area (Å²) in [5.74, 6) is -0.661. The fourth-order valence-corrected chi connectivity index (χ4v) is 4.51. The molecule has 1 aromatic heterocycles. The summed E-state index contributed by atoms with van der Waals surface area (Å²) in [4.78, 5) is 14.8. The lowest BCUT2D eigenvalue weighted by Gasteiger charge is -2.24. The van der Waals surface area contributed by atoms with E-state index in [1.165, 1.54) is 6.07 Å². The number of aromatic hydroxyl groups is 2. The normalized spacial score (nSPS) is 19.9. The first kappa shape index (κ1) is 20.0. The third-order valence-electron chi connectivity index (χ3n) is 5.60. The smallest absolute Gasteiger partial charge is 0.197 e. The van der Waals surface area contributed by atoms with E-state index in [-0.39, 0.29) is 51.8 Å². The van der Waals surface area contributed by atoms with Crippen LogP contribution in [0.15, 0.2) is 39.5 Å². The maximum absolute atomic E-state index is 12.8. The number of phenols is 2. The number of hydrogen-bond donors (Lipinski definition) is 3. The van der Waals surface area contributed by atoms with Crippen LogP contribution in [0.4, 0.5) is 0 Å². The van der Waals surface area contributed by atoms with Crippen LogP contribution in [0.25, 0.3) is 22.3 Å². The fraction of sp³-hybridized carbons (Fsp3) is 0.286. The number of aliphatic hydroxyl groups excluding tert-OH is 1. The van der Waals surface area contributed by atoms with Gasteiger partial charge in [-0.25, -0.2) is 0 Å². The van der Waals surface area contributed by atoms with Gasteiger partial charge in [0, 0.05) is 35.2 Å². The van der Waals surface area contributed by atoms with Gasteiger partial charge in [-0.3, -0.25) is 4.79 Å². The van der Waals surface area contributed by atoms with Crippen molar-refractivity contribution in [3.8, 4) is 22.8 Å². The molecule has 29 heavy (non-hydrogen) atoms. The van der Waals surface area contributed by atoms with Crippen LogP contribution in [-0.2, 0) is 0 Å². The molecule has 3 aromatic rings. The molecule has 3 N–H and O–H groups in total. The molecular formula is C21H19Cl2NO5. The Hall–Kier alpha value is -2.25. The summed E-state index contributed by atoms with van der Waals surface area (Å²) in [6.07, 6.45) is 0.654. The van der Waals surface area contributed by atoms with Crippen molar-refractivity contribution in [1.29, 1.82) is 0 Å². The summed E-state index contributed by atoms with van der Waals surface area (Å²) in [6.45, 7) is 0.592. The molecule has 8 heteroatoms. The van der Waals surface area contributed by atoms with Crippen molar-refractivity contribution in [2.45, 2.75) is 18.4 Å². The molecule has 6 nitrogen and oxygen atoms in total. The van der Waals surface area contributed by atoms with Crippen molar-refractivity contribution in [3.63, 3.8) is 0 Å². The van der Waals surface area contributed by atoms with Crippen molar-refractivity contribution in [1.82, 2.24) is 4.90 Å². The average molecular weight is 436 g/mol. The number of likely N-dealkylation sites (tertiary alicyclic amines) is 1. The topological polar surface area (TPSA) is 94.1 Å². The summed E-state index contributed by atoms with van der Waals surface area (Å²) >= 11 is 12.4. The van der Waals surface area contributed by atoms with E-state index in [2.05, 4.69) is 0 Å². The molecule has 1 fully saturated rings. The van der Waals surface area contributed by atoms with Crippen molar-refractivity contribution in [3.05, 3.63) is 56.2 Å². The highest BCUT2D eigenvalue weighted by Crippen LogP contribution is 2.44. The summed E-state index contributed by atoms with van der Waals surface area (Å²) in [5.41, 5.74) is 0.426. The number of halogens is 2. The lowest BCUT2D eigenvalue weighted by Crippen LogP contribution is -2.32. The van der Waals surface area contributed by atoms with Gasteiger partial charge in [0.2, 0.25) is 0 Å². The zero-order valence-electron chi connectivity index (χ0n) is 15.5. The van der Waals surface area contributed by atoms with Gasteiger partial charge < -0.3 is 24.6 Å². The van der Waals surface area contributed by atoms with E-state index in [9.17, 15) is 20.1 Å². The Bertz CT molecular complexity index is 1160. The number of likely N-dealkylation sites (N-methyl/N-ethyl adjacent to an activating group) is 1. The summed E-state index contributed by atoms with van der Waals surface area (Å²) in [7, 11) is 1.88. The van der Waals surface area contributed by atoms with Crippen molar-refractivity contribution >= 4 is 34.2 Å². The van der Waals surface area contributed by atoms with Gasteiger partial charge in [0.25, 0.3) is 0 Å². The van der Waals surface area contributed by atoms with Crippen LogP contribution in [0.3, 0.4) is 0 Å². The molecule has 2 atom stereocenters. The monoisotopic (exact) mass is 435 g/mol. The zero-order valence-corrected chi connectivity index (χ0v) is 17.0. The Kier molecular flexibility index (Phi) is 5.21. The van der Waals surface area contributed by atoms with Crippen LogP contribution >= 0.6 is 23.2 Å². The summed E-state index contributed by atoms with van der Waals surface area (Å²) in [5, 5.41) is 31.3. The van der Waals surface area contributed by atoms with Gasteiger partial charge >= 0.3 is 0 Å². The second kappa shape index (κ2) is 7.54. The van der Waals surface area contributed by atoms with E-state index in [1.54, 1.807) is 18.2 Å². The van der Waals surface area contributed by atoms with E-state index in [1.807, 2.05) is 11.9 Å². The minimum atomic E-state index is -0.469. The first-order chi connectivity index (χ1) is 13.8. The Labute approximate surface area is 176 Å². The lowest BCUT2D eigenvalue weighted by molar-refractivity contribution is 0.172. The van der Waals surface area contributed by atoms with Gasteiger partial charge in [-0.1, -0.05) is 29.3 Å². The quantitative estimate of drug-likeness (QED) is 0.576. The fourth-order valence-electron chi connectivity index (χ4n) is 4.12. The number of hydrogen-bond acceptors (Lipinski definition) is 6. The highest BCUT2D eigenvalue weighted by molar-refractivity contribution is 6.43. The van der Waals surface area contributed by atoms with Crippen LogP contribution < -0.4 is 5.43 Å². The van der Waals surface area contributed by atoms with E-state index >= 15 is 0 Å². The van der Waals surface area contributed by atoms with Crippen LogP contribution in [0.1, 0.15) is 17.9 Å². The molecule has 0 saturated carbocycles. The molecule has 1 aliphatic heterocycles. The number of aliphatic hydroxyl groups is 1. The molecule has 0 radical (unpaired) electrons. The average Bonchev–Trinajstić information content (AvgIpc) is 3.03. The van der Waals surface area contributed by atoms with Gasteiger partial charge in [0.1, 0.15) is 28.2 Å². The Morgan fingerprint density at radius 3 is 2.69 bits per heavy atom. The highest BCUT2D eigenvalue weighted by Gasteiger charge is 2.36. The van der Waals surface area contributed by atoms with Crippen LogP contribution in [0, 0.1) is 0 Å². The van der Waals surface area contributed by atoms with Crippen LogP contribution in [-0.4, -0.2) is 46.5 Å². The first-order valence-corrected chi connectivity index (χ1v) is 9.87. The molecule has 4 rings (SSSR count). The Balaban J connectivity index is 2.03. The second-order valence-electron chi connectivity index (χ2n) is 7.23. The molecule has 152 valence electrons. The van der Waals surface area contributed by atoms with Crippen molar-refractivity contribution < 1.29 is 19.7 Å². The van der Waals surface area contributed by atoms with E-state index in [4.69, 9.17) is 27.6 Å². The SMILES string of the molecule is CN1CC[C@H](c2c(O)cc(O)c3c(=O)cc(-c4cccc(Cl)c4Cl)oc23)[C@H]1CO. The Morgan fingerprint density at radius 1 is 1.21 bits per heavy atom. The summed E-state index contributed by atoms with van der Waals surface area (Å²) in [6, 6.07) is 7.11. The highest BCUT2D eigenvalue weighted by atomic mass is 35.5. The molecule has 0 unspecified atom stereocenters. The van der Waals surface area contributed by atoms with Crippen molar-refractivity contribution in [2.75, 3.05) is 20.2 Å². The molecule has 0 amide bonds. The maximum atomic E-state index is 12.8. The van der Waals surface area contributed by atoms with Gasteiger partial charge in [-0.15, -0.1) is 0 Å². The lowest BCUT2D eigenvalue weighted by atomic mass is 9.89. The minimum Gasteiger partial charge on any atom is -0.507 e. The van der Waals surface area contributed by atoms with Gasteiger partial charge in [0.05, 0.1) is 16.7 Å². The maximum Gasteiger partial charge on any atom is 0.197 e. The zero-order chi connectivity index (χ0) is 20.9. The first-order valence-electron chi connectivity index (χ1n) is 9.11. The summed E-state index contributed by atoms with van der Waals surface area (Å²) < 4.78 is 6.03. The molecule has 1 aliphatic rings. The molecule has 0 aliphatic carbocycles. The molecular weight excluding hydrogens is 417 g/mol. The number of phenolic OH excluding ortho intramolecular Hbond substituents is 2. The van der Waals surface area contributed by atoms with Crippen LogP contribution in [0.2, 0.25) is 10.0 Å². The molecule has 1 saturated heterocycles. The van der Waals surface area contributed by atoms with E-state index < -0.39 is 5.43 Å². The number of benzene rings is 2. The standard InChI is InChI=1S/C21H19Cl2NO5/c1-24-6-5-10(13(24)9-25)18-14(26)7-15(27)19-16(28)8-17(29-21(18)19)11-3-2-4-12(22)20(11)23/h2-4,7-8,10,13,25-27H,5-6,9H2,1H3/t10-,13+/m0/s1. The largest absolute Gasteiger partial charge is 0.507 e. The van der Waals surface area contributed by atoms with Crippen molar-refractivity contribution in [2.24, 2.45) is 0 Å². The number of nitrogens with zero attached hydrogens (tertiary/aromatic N) is 1. The Morgan fingerprint density at radius 2 is 1.97 bits per heavy atom. The third kappa shape index (κ3) is 3.26. The third-order valence-corrected chi connectivity index (χ3v) is 6.42. The van der Waals surface area contributed by atoms with E-state index in [0.717, 1.165) is 6.07 Å².